The van der Waals surface area contributed by atoms with E-state index in [2.05, 4.69) is 20.6 Å². The Labute approximate surface area is 185 Å². The fourth-order valence-electron chi connectivity index (χ4n) is 2.79. The molecule has 0 saturated carbocycles. The molecule has 8 nitrogen and oxygen atoms in total. The van der Waals surface area contributed by atoms with Crippen LogP contribution in [0.1, 0.15) is 17.7 Å². The molecule has 31 heavy (non-hydrogen) atoms. The van der Waals surface area contributed by atoms with E-state index < -0.39 is 11.9 Å². The Morgan fingerprint density at radius 2 is 1.97 bits per heavy atom. The van der Waals surface area contributed by atoms with Crippen molar-refractivity contribution in [2.75, 3.05) is 5.32 Å². The van der Waals surface area contributed by atoms with Gasteiger partial charge in [-0.2, -0.15) is 0 Å². The number of carboxylic acid groups (broad SMARTS) is 1. The fraction of sp³-hybridized carbons (Fsp3) is 0.0952. The number of carbonyl (C=O) groups is 3. The SMILES string of the molecule is O=C(O)CCC(=O)Nc1ncc(/C=C2\S/C(=N\c3ccc4ccccc4c3)NC2=O)s1. The molecule has 0 bridgehead atoms. The summed E-state index contributed by atoms with van der Waals surface area (Å²) in [6.07, 6.45) is 2.84. The molecule has 1 fully saturated rings. The number of carboxylic acids is 1. The maximum Gasteiger partial charge on any atom is 0.303 e. The van der Waals surface area contributed by atoms with Crippen LogP contribution in [0.3, 0.4) is 0 Å². The summed E-state index contributed by atoms with van der Waals surface area (Å²) in [5.74, 6) is -1.72. The zero-order valence-corrected chi connectivity index (χ0v) is 17.6. The molecular weight excluding hydrogens is 436 g/mol. The summed E-state index contributed by atoms with van der Waals surface area (Å²) in [5, 5.41) is 16.9. The average molecular weight is 453 g/mol. The number of amidine groups is 1. The van der Waals surface area contributed by atoms with Crippen molar-refractivity contribution in [1.82, 2.24) is 10.3 Å². The second-order valence-electron chi connectivity index (χ2n) is 6.52. The maximum atomic E-state index is 12.3. The molecule has 2 aromatic carbocycles. The number of hydrogen-bond donors (Lipinski definition) is 3. The van der Waals surface area contributed by atoms with E-state index in [-0.39, 0.29) is 18.7 Å². The van der Waals surface area contributed by atoms with Gasteiger partial charge in [0.25, 0.3) is 5.91 Å². The van der Waals surface area contributed by atoms with E-state index in [1.807, 2.05) is 42.5 Å². The zero-order chi connectivity index (χ0) is 21.8. The minimum absolute atomic E-state index is 0.127. The number of aliphatic imine (C=N–C) groups is 1. The molecule has 0 atom stereocenters. The van der Waals surface area contributed by atoms with Crippen molar-refractivity contribution in [2.24, 2.45) is 4.99 Å². The van der Waals surface area contributed by atoms with Crippen LogP contribution < -0.4 is 10.6 Å². The Bertz CT molecular complexity index is 1250. The summed E-state index contributed by atoms with van der Waals surface area (Å²) in [6.45, 7) is 0. The molecule has 3 N–H and O–H groups in total. The number of amides is 2. The third-order valence-corrected chi connectivity index (χ3v) is 5.99. The predicted molar refractivity (Wildman–Crippen MR) is 122 cm³/mol. The van der Waals surface area contributed by atoms with Crippen molar-refractivity contribution in [3.05, 3.63) is 58.4 Å². The van der Waals surface area contributed by atoms with Crippen molar-refractivity contribution in [3.63, 3.8) is 0 Å². The van der Waals surface area contributed by atoms with Gasteiger partial charge in [-0.25, -0.2) is 9.98 Å². The molecular formula is C21H16N4O4S2. The first-order chi connectivity index (χ1) is 15.0. The number of aliphatic carboxylic acids is 1. The molecule has 0 unspecified atom stereocenters. The van der Waals surface area contributed by atoms with Gasteiger partial charge in [-0.3, -0.25) is 14.4 Å². The number of carbonyl (C=O) groups excluding carboxylic acids is 2. The highest BCUT2D eigenvalue weighted by atomic mass is 32.2. The summed E-state index contributed by atoms with van der Waals surface area (Å²) in [6, 6.07) is 13.8. The van der Waals surface area contributed by atoms with Gasteiger partial charge < -0.3 is 15.7 Å². The van der Waals surface area contributed by atoms with Crippen LogP contribution in [0.25, 0.3) is 16.8 Å². The molecule has 4 rings (SSSR count). The quantitative estimate of drug-likeness (QED) is 0.486. The summed E-state index contributed by atoms with van der Waals surface area (Å²) < 4.78 is 0. The molecule has 0 aliphatic carbocycles. The van der Waals surface area contributed by atoms with Gasteiger partial charge in [0.05, 0.1) is 21.9 Å². The lowest BCUT2D eigenvalue weighted by atomic mass is 10.1. The lowest BCUT2D eigenvalue weighted by Crippen LogP contribution is -2.19. The molecule has 10 heteroatoms. The monoisotopic (exact) mass is 452 g/mol. The normalized spacial score (nSPS) is 16.1. The molecule has 0 spiro atoms. The highest BCUT2D eigenvalue weighted by Crippen LogP contribution is 2.31. The van der Waals surface area contributed by atoms with Crippen LogP contribution in [0, 0.1) is 0 Å². The first-order valence-corrected chi connectivity index (χ1v) is 10.9. The van der Waals surface area contributed by atoms with Crippen LogP contribution in [0.15, 0.2) is 58.6 Å². The topological polar surface area (TPSA) is 121 Å². The van der Waals surface area contributed by atoms with Gasteiger partial charge in [0, 0.05) is 12.6 Å². The first-order valence-electron chi connectivity index (χ1n) is 9.22. The van der Waals surface area contributed by atoms with Crippen LogP contribution in [0.2, 0.25) is 0 Å². The number of benzene rings is 2. The second kappa shape index (κ2) is 9.11. The van der Waals surface area contributed by atoms with Gasteiger partial charge in [-0.15, -0.1) is 0 Å². The summed E-state index contributed by atoms with van der Waals surface area (Å²) in [7, 11) is 0. The number of anilines is 1. The molecule has 2 amide bonds. The van der Waals surface area contributed by atoms with E-state index in [4.69, 9.17) is 5.11 Å². The number of rotatable bonds is 6. The highest BCUT2D eigenvalue weighted by Gasteiger charge is 2.24. The van der Waals surface area contributed by atoms with Crippen molar-refractivity contribution in [3.8, 4) is 0 Å². The maximum absolute atomic E-state index is 12.3. The molecule has 3 aromatic rings. The number of aromatic nitrogens is 1. The third-order valence-electron chi connectivity index (χ3n) is 4.22. The first kappa shape index (κ1) is 20.8. The second-order valence-corrected chi connectivity index (χ2v) is 8.62. The van der Waals surface area contributed by atoms with Gasteiger partial charge in [0.1, 0.15) is 0 Å². The van der Waals surface area contributed by atoms with Crippen molar-refractivity contribution in [1.29, 1.82) is 0 Å². The van der Waals surface area contributed by atoms with Gasteiger partial charge in [-0.1, -0.05) is 41.7 Å². The summed E-state index contributed by atoms with van der Waals surface area (Å²) >= 11 is 2.42. The van der Waals surface area contributed by atoms with Gasteiger partial charge in [-0.05, 0) is 40.7 Å². The van der Waals surface area contributed by atoms with E-state index >= 15 is 0 Å². The van der Waals surface area contributed by atoms with Crippen LogP contribution in [0.5, 0.6) is 0 Å². The Morgan fingerprint density at radius 1 is 1.16 bits per heavy atom. The minimum atomic E-state index is -1.04. The van der Waals surface area contributed by atoms with Crippen molar-refractivity contribution < 1.29 is 19.5 Å². The Kier molecular flexibility index (Phi) is 6.10. The Balaban J connectivity index is 1.44. The van der Waals surface area contributed by atoms with E-state index in [0.717, 1.165) is 16.5 Å². The van der Waals surface area contributed by atoms with E-state index in [9.17, 15) is 14.4 Å². The predicted octanol–water partition coefficient (Wildman–Crippen LogP) is 3.99. The number of thiazole rings is 1. The minimum Gasteiger partial charge on any atom is -0.481 e. The molecule has 156 valence electrons. The van der Waals surface area contributed by atoms with E-state index in [1.165, 1.54) is 29.3 Å². The van der Waals surface area contributed by atoms with Gasteiger partial charge >= 0.3 is 5.97 Å². The number of thioether (sulfide) groups is 1. The molecule has 1 aliphatic heterocycles. The largest absolute Gasteiger partial charge is 0.481 e. The van der Waals surface area contributed by atoms with E-state index in [1.54, 1.807) is 6.08 Å². The number of hydrogen-bond acceptors (Lipinski definition) is 7. The van der Waals surface area contributed by atoms with Crippen LogP contribution in [-0.4, -0.2) is 33.0 Å². The molecule has 1 saturated heterocycles. The molecule has 1 aliphatic rings. The van der Waals surface area contributed by atoms with Gasteiger partial charge in [0.2, 0.25) is 5.91 Å². The van der Waals surface area contributed by atoms with Gasteiger partial charge in [0.15, 0.2) is 10.3 Å². The van der Waals surface area contributed by atoms with Crippen LogP contribution in [-0.2, 0) is 14.4 Å². The lowest BCUT2D eigenvalue weighted by molar-refractivity contribution is -0.138. The smallest absolute Gasteiger partial charge is 0.303 e. The Hall–Kier alpha value is -3.50. The number of nitrogens with zero attached hydrogens (tertiary/aromatic N) is 2. The summed E-state index contributed by atoms with van der Waals surface area (Å²) in [5.41, 5.74) is 0.742. The van der Waals surface area contributed by atoms with Crippen molar-refractivity contribution >= 4 is 73.7 Å². The van der Waals surface area contributed by atoms with E-state index in [0.29, 0.717) is 20.1 Å². The standard InChI is InChI=1S/C21H16N4O4S2/c26-17(7-8-18(27)28)24-20-22-11-15(30-20)10-16-19(29)25-21(31-16)23-14-6-5-12-3-1-2-4-13(12)9-14/h1-6,9-11H,7-8H2,(H,27,28)(H,22,24,26)(H,23,25,29)/b16-10-. The molecule has 0 radical (unpaired) electrons. The summed E-state index contributed by atoms with van der Waals surface area (Å²) in [4.78, 5) is 44.3. The molecule has 1 aromatic heterocycles. The number of fused-ring (bicyclic) bond motifs is 1. The third kappa shape index (κ3) is 5.36. The van der Waals surface area contributed by atoms with Crippen molar-refractivity contribution in [2.45, 2.75) is 12.8 Å². The zero-order valence-electron chi connectivity index (χ0n) is 16.0. The lowest BCUT2D eigenvalue weighted by Gasteiger charge is -2.00. The van der Waals surface area contributed by atoms with Crippen LogP contribution >= 0.6 is 23.1 Å². The fourth-order valence-corrected chi connectivity index (χ4v) is 4.47. The highest BCUT2D eigenvalue weighted by molar-refractivity contribution is 8.18. The Morgan fingerprint density at radius 3 is 2.77 bits per heavy atom. The molecule has 2 heterocycles. The average Bonchev–Trinajstić information content (AvgIpc) is 3.32. The van der Waals surface area contributed by atoms with Crippen LogP contribution in [0.4, 0.5) is 10.8 Å². The number of nitrogens with one attached hydrogen (secondary N) is 2.